The number of carboxylic acids is 1. The number of anilines is 1. The van der Waals surface area contributed by atoms with Gasteiger partial charge in [-0.3, -0.25) is 9.59 Å². The maximum Gasteiger partial charge on any atom is 0.309 e. The van der Waals surface area contributed by atoms with Crippen LogP contribution in [-0.4, -0.2) is 23.6 Å². The second kappa shape index (κ2) is 6.22. The zero-order valence-corrected chi connectivity index (χ0v) is 14.2. The number of carboxylic acid groups (broad SMARTS) is 1. The van der Waals surface area contributed by atoms with Crippen molar-refractivity contribution in [2.45, 2.75) is 40.5 Å². The summed E-state index contributed by atoms with van der Waals surface area (Å²) < 4.78 is 5.37. The average molecular weight is 319 g/mol. The second-order valence-corrected chi connectivity index (χ2v) is 6.90. The van der Waals surface area contributed by atoms with Crippen LogP contribution >= 0.6 is 0 Å². The normalized spacial score (nSPS) is 25.8. The summed E-state index contributed by atoms with van der Waals surface area (Å²) in [7, 11) is 0. The third-order valence-electron chi connectivity index (χ3n) is 5.45. The zero-order chi connectivity index (χ0) is 17.3. The number of rotatable bonds is 5. The van der Waals surface area contributed by atoms with Crippen molar-refractivity contribution in [1.82, 2.24) is 0 Å². The van der Waals surface area contributed by atoms with Crippen molar-refractivity contribution in [1.29, 1.82) is 0 Å². The third kappa shape index (κ3) is 3.05. The van der Waals surface area contributed by atoms with Gasteiger partial charge in [-0.15, -0.1) is 0 Å². The Kier molecular flexibility index (Phi) is 4.68. The Bertz CT molecular complexity index is 594. The molecule has 126 valence electrons. The number of carbonyl (C=O) groups excluding carboxylic acids is 1. The first-order valence-electron chi connectivity index (χ1n) is 7.99. The predicted molar refractivity (Wildman–Crippen MR) is 88.5 cm³/mol. The Balaban J connectivity index is 2.11. The van der Waals surface area contributed by atoms with Crippen molar-refractivity contribution in [3.63, 3.8) is 0 Å². The molecule has 5 heteroatoms. The standard InChI is InChI=1S/C18H25NO4/c1-5-23-13-8-6-12(7-9-13)19-15(20)14-10-11-18(4,16(21)22)17(14,2)3/h6-9,14H,5,10-11H2,1-4H3,(H,19,20)(H,21,22)/t14-,18+/m0/s1. The molecule has 2 atom stereocenters. The summed E-state index contributed by atoms with van der Waals surface area (Å²) >= 11 is 0. The number of amides is 1. The second-order valence-electron chi connectivity index (χ2n) is 6.90. The Morgan fingerprint density at radius 3 is 2.35 bits per heavy atom. The minimum atomic E-state index is -0.881. The van der Waals surface area contributed by atoms with E-state index in [1.807, 2.05) is 20.8 Å². The van der Waals surface area contributed by atoms with Gasteiger partial charge in [-0.25, -0.2) is 0 Å². The Morgan fingerprint density at radius 2 is 1.87 bits per heavy atom. The molecule has 1 fully saturated rings. The Hall–Kier alpha value is -2.04. The molecule has 0 aromatic heterocycles. The van der Waals surface area contributed by atoms with Crippen molar-refractivity contribution in [3.05, 3.63) is 24.3 Å². The molecule has 1 aliphatic rings. The highest BCUT2D eigenvalue weighted by molar-refractivity contribution is 5.94. The smallest absolute Gasteiger partial charge is 0.309 e. The highest BCUT2D eigenvalue weighted by atomic mass is 16.5. The summed E-state index contributed by atoms with van der Waals surface area (Å²) in [5.41, 5.74) is -0.791. The first-order valence-corrected chi connectivity index (χ1v) is 7.99. The summed E-state index contributed by atoms with van der Waals surface area (Å²) in [6, 6.07) is 7.20. The van der Waals surface area contributed by atoms with Gasteiger partial charge in [0.1, 0.15) is 5.75 Å². The number of hydrogen-bond acceptors (Lipinski definition) is 3. The molecular weight excluding hydrogens is 294 g/mol. The van der Waals surface area contributed by atoms with Gasteiger partial charge in [0.15, 0.2) is 0 Å². The number of hydrogen-bond donors (Lipinski definition) is 2. The van der Waals surface area contributed by atoms with E-state index in [1.54, 1.807) is 31.2 Å². The quantitative estimate of drug-likeness (QED) is 0.870. The van der Waals surface area contributed by atoms with Gasteiger partial charge in [-0.2, -0.15) is 0 Å². The third-order valence-corrected chi connectivity index (χ3v) is 5.45. The summed E-state index contributed by atoms with van der Waals surface area (Å²) in [6.45, 7) is 7.99. The first-order chi connectivity index (χ1) is 10.7. The molecule has 23 heavy (non-hydrogen) atoms. The van der Waals surface area contributed by atoms with E-state index in [-0.39, 0.29) is 11.8 Å². The highest BCUT2D eigenvalue weighted by Crippen LogP contribution is 2.56. The molecule has 1 amide bonds. The van der Waals surface area contributed by atoms with Gasteiger partial charge in [0.25, 0.3) is 0 Å². The summed E-state index contributed by atoms with van der Waals surface area (Å²) in [4.78, 5) is 24.2. The van der Waals surface area contributed by atoms with Crippen LogP contribution in [0.1, 0.15) is 40.5 Å². The van der Waals surface area contributed by atoms with Crippen molar-refractivity contribution in [2.24, 2.45) is 16.7 Å². The van der Waals surface area contributed by atoms with Crippen molar-refractivity contribution in [3.8, 4) is 5.75 Å². The van der Waals surface area contributed by atoms with E-state index >= 15 is 0 Å². The molecular formula is C18H25NO4. The van der Waals surface area contributed by atoms with E-state index in [9.17, 15) is 14.7 Å². The molecule has 1 saturated carbocycles. The van der Waals surface area contributed by atoms with Crippen LogP contribution in [0.2, 0.25) is 0 Å². The Labute approximate surface area is 137 Å². The maximum atomic E-state index is 12.6. The molecule has 5 nitrogen and oxygen atoms in total. The number of aliphatic carboxylic acids is 1. The molecule has 0 spiro atoms. The molecule has 2 rings (SSSR count). The van der Waals surface area contributed by atoms with Crippen molar-refractivity contribution >= 4 is 17.6 Å². The van der Waals surface area contributed by atoms with Crippen LogP contribution in [0.5, 0.6) is 5.75 Å². The molecule has 0 unspecified atom stereocenters. The van der Waals surface area contributed by atoms with Gasteiger partial charge in [0, 0.05) is 11.6 Å². The molecule has 0 aliphatic heterocycles. The minimum Gasteiger partial charge on any atom is -0.494 e. The summed E-state index contributed by atoms with van der Waals surface area (Å²) in [5, 5.41) is 12.4. The average Bonchev–Trinajstić information content (AvgIpc) is 2.73. The predicted octanol–water partition coefficient (Wildman–Crippen LogP) is 3.55. The highest BCUT2D eigenvalue weighted by Gasteiger charge is 2.58. The van der Waals surface area contributed by atoms with E-state index in [0.717, 1.165) is 5.75 Å². The van der Waals surface area contributed by atoms with Gasteiger partial charge in [0.05, 0.1) is 12.0 Å². The van der Waals surface area contributed by atoms with Crippen LogP contribution in [0.15, 0.2) is 24.3 Å². The summed E-state index contributed by atoms with van der Waals surface area (Å²) in [5.74, 6) is -0.525. The molecule has 0 heterocycles. The van der Waals surface area contributed by atoms with E-state index in [4.69, 9.17) is 4.74 Å². The van der Waals surface area contributed by atoms with Gasteiger partial charge in [-0.05, 0) is 56.4 Å². The molecule has 2 N–H and O–H groups in total. The molecule has 0 bridgehead atoms. The lowest BCUT2D eigenvalue weighted by molar-refractivity contribution is -0.154. The van der Waals surface area contributed by atoms with Crippen LogP contribution in [0.4, 0.5) is 5.69 Å². The summed E-state index contributed by atoms with van der Waals surface area (Å²) in [6.07, 6.45) is 1.09. The Morgan fingerprint density at radius 1 is 1.26 bits per heavy atom. The van der Waals surface area contributed by atoms with Gasteiger partial charge >= 0.3 is 5.97 Å². The van der Waals surface area contributed by atoms with Gasteiger partial charge in [0.2, 0.25) is 5.91 Å². The lowest BCUT2D eigenvalue weighted by Gasteiger charge is -2.37. The molecule has 1 aliphatic carbocycles. The van der Waals surface area contributed by atoms with Crippen LogP contribution in [0.25, 0.3) is 0 Å². The largest absolute Gasteiger partial charge is 0.494 e. The van der Waals surface area contributed by atoms with E-state index in [1.165, 1.54) is 0 Å². The van der Waals surface area contributed by atoms with Crippen LogP contribution in [0.3, 0.4) is 0 Å². The van der Waals surface area contributed by atoms with Gasteiger partial charge in [-0.1, -0.05) is 13.8 Å². The van der Waals surface area contributed by atoms with Crippen LogP contribution in [-0.2, 0) is 9.59 Å². The molecule has 1 aromatic carbocycles. The van der Waals surface area contributed by atoms with E-state index in [2.05, 4.69) is 5.32 Å². The minimum absolute atomic E-state index is 0.121. The zero-order valence-electron chi connectivity index (χ0n) is 14.2. The van der Waals surface area contributed by atoms with E-state index < -0.39 is 16.8 Å². The fourth-order valence-corrected chi connectivity index (χ4v) is 3.37. The SMILES string of the molecule is CCOc1ccc(NC(=O)[C@@H]2CC[C@](C)(C(=O)O)C2(C)C)cc1. The van der Waals surface area contributed by atoms with Crippen molar-refractivity contribution < 1.29 is 19.4 Å². The maximum absolute atomic E-state index is 12.6. The number of carbonyl (C=O) groups is 2. The molecule has 1 aromatic rings. The van der Waals surface area contributed by atoms with E-state index in [0.29, 0.717) is 25.1 Å². The van der Waals surface area contributed by atoms with Gasteiger partial charge < -0.3 is 15.2 Å². The molecule has 0 radical (unpaired) electrons. The number of nitrogens with one attached hydrogen (secondary N) is 1. The van der Waals surface area contributed by atoms with Crippen molar-refractivity contribution in [2.75, 3.05) is 11.9 Å². The lowest BCUT2D eigenvalue weighted by atomic mass is 9.65. The lowest BCUT2D eigenvalue weighted by Crippen LogP contribution is -2.43. The fraction of sp³-hybridized carbons (Fsp3) is 0.556. The first kappa shape index (κ1) is 17.3. The van der Waals surface area contributed by atoms with Crippen LogP contribution < -0.4 is 10.1 Å². The number of ether oxygens (including phenoxy) is 1. The number of benzene rings is 1. The fourth-order valence-electron chi connectivity index (χ4n) is 3.37. The topological polar surface area (TPSA) is 75.6 Å². The molecule has 0 saturated heterocycles. The monoisotopic (exact) mass is 319 g/mol. The van der Waals surface area contributed by atoms with Crippen LogP contribution in [0, 0.1) is 16.7 Å².